The Morgan fingerprint density at radius 2 is 2.17 bits per heavy atom. The zero-order valence-electron chi connectivity index (χ0n) is 13.3. The molecule has 124 valence electrons. The van der Waals surface area contributed by atoms with Crippen molar-refractivity contribution in [2.45, 2.75) is 32.4 Å². The maximum atomic E-state index is 12.6. The zero-order chi connectivity index (χ0) is 16.7. The van der Waals surface area contributed by atoms with Gasteiger partial charge in [0.25, 0.3) is 5.56 Å². The van der Waals surface area contributed by atoms with Gasteiger partial charge in [-0.2, -0.15) is 0 Å². The Kier molecular flexibility index (Phi) is 3.97. The molecule has 3 aromatic rings. The van der Waals surface area contributed by atoms with E-state index >= 15 is 0 Å². The van der Waals surface area contributed by atoms with Crippen molar-refractivity contribution in [3.8, 4) is 0 Å². The lowest BCUT2D eigenvalue weighted by Crippen LogP contribution is -2.39. The number of rotatable bonds is 3. The molecule has 0 saturated carbocycles. The maximum absolute atomic E-state index is 12.6. The molecule has 7 heteroatoms. The first-order valence-corrected chi connectivity index (χ1v) is 9.69. The summed E-state index contributed by atoms with van der Waals surface area (Å²) in [5.74, 6) is 0.0941. The van der Waals surface area contributed by atoms with Crippen LogP contribution in [-0.2, 0) is 17.8 Å². The summed E-state index contributed by atoms with van der Waals surface area (Å²) in [6.07, 6.45) is 2.79. The smallest absolute Gasteiger partial charge is 0.262 e. The van der Waals surface area contributed by atoms with Gasteiger partial charge in [0.15, 0.2) is 0 Å². The van der Waals surface area contributed by atoms with Gasteiger partial charge in [-0.3, -0.25) is 14.2 Å². The normalized spacial score (nSPS) is 17.2. The molecule has 0 aliphatic carbocycles. The van der Waals surface area contributed by atoms with Crippen molar-refractivity contribution in [2.75, 3.05) is 6.54 Å². The summed E-state index contributed by atoms with van der Waals surface area (Å²) in [4.78, 5) is 33.4. The Morgan fingerprint density at radius 1 is 1.33 bits per heavy atom. The monoisotopic (exact) mass is 359 g/mol. The van der Waals surface area contributed by atoms with Crippen LogP contribution in [0.3, 0.4) is 0 Å². The van der Waals surface area contributed by atoms with Crippen molar-refractivity contribution >= 4 is 38.8 Å². The molecule has 1 aliphatic rings. The third kappa shape index (κ3) is 2.57. The summed E-state index contributed by atoms with van der Waals surface area (Å²) in [7, 11) is 0. The Balaban J connectivity index is 1.48. The number of hydrogen-bond acceptors (Lipinski definition) is 5. The van der Waals surface area contributed by atoms with Crippen LogP contribution in [0, 0.1) is 0 Å². The lowest BCUT2D eigenvalue weighted by Gasteiger charge is -2.33. The summed E-state index contributed by atoms with van der Waals surface area (Å²) in [6, 6.07) is 4.02. The van der Waals surface area contributed by atoms with E-state index in [-0.39, 0.29) is 17.5 Å². The lowest BCUT2D eigenvalue weighted by molar-refractivity contribution is -0.134. The van der Waals surface area contributed by atoms with Crippen LogP contribution in [0.2, 0.25) is 0 Å². The fourth-order valence-corrected chi connectivity index (χ4v) is 4.95. The molecule has 0 spiro atoms. The van der Waals surface area contributed by atoms with Crippen LogP contribution in [0.5, 0.6) is 0 Å². The van der Waals surface area contributed by atoms with Crippen LogP contribution in [0.4, 0.5) is 0 Å². The van der Waals surface area contributed by atoms with Gasteiger partial charge in [-0.05, 0) is 41.8 Å². The van der Waals surface area contributed by atoms with Crippen LogP contribution in [0.25, 0.3) is 10.2 Å². The zero-order valence-corrected chi connectivity index (χ0v) is 14.9. The van der Waals surface area contributed by atoms with Gasteiger partial charge in [0.2, 0.25) is 5.91 Å². The molecule has 24 heavy (non-hydrogen) atoms. The molecule has 1 amide bonds. The van der Waals surface area contributed by atoms with Gasteiger partial charge in [-0.1, -0.05) is 0 Å². The number of nitrogens with zero attached hydrogens (tertiary/aromatic N) is 3. The second-order valence-corrected chi connectivity index (χ2v) is 7.84. The SMILES string of the molecule is CC1c2ccsc2CCN1C(=O)CCn1cnc2sccc2c1=O. The quantitative estimate of drug-likeness (QED) is 0.722. The summed E-state index contributed by atoms with van der Waals surface area (Å²) in [5.41, 5.74) is 1.19. The first-order valence-electron chi connectivity index (χ1n) is 7.93. The largest absolute Gasteiger partial charge is 0.335 e. The molecule has 0 N–H and O–H groups in total. The Labute approximate surface area is 147 Å². The number of amides is 1. The summed E-state index contributed by atoms with van der Waals surface area (Å²) >= 11 is 3.22. The minimum absolute atomic E-state index is 0.0686. The maximum Gasteiger partial charge on any atom is 0.262 e. The lowest BCUT2D eigenvalue weighted by atomic mass is 10.0. The topological polar surface area (TPSA) is 55.2 Å². The number of carbonyl (C=O) groups excluding carboxylic acids is 1. The van der Waals surface area contributed by atoms with Gasteiger partial charge >= 0.3 is 0 Å². The van der Waals surface area contributed by atoms with E-state index in [0.29, 0.717) is 18.4 Å². The minimum atomic E-state index is -0.0686. The van der Waals surface area contributed by atoms with Crippen LogP contribution >= 0.6 is 22.7 Å². The van der Waals surface area contributed by atoms with E-state index in [9.17, 15) is 9.59 Å². The fraction of sp³-hybridized carbons (Fsp3) is 0.353. The molecule has 0 aromatic carbocycles. The second kappa shape index (κ2) is 6.14. The fourth-order valence-electron chi connectivity index (χ4n) is 3.26. The van der Waals surface area contributed by atoms with E-state index in [4.69, 9.17) is 0 Å². The Hall–Kier alpha value is -1.99. The van der Waals surface area contributed by atoms with Crippen molar-refractivity contribution in [1.29, 1.82) is 0 Å². The minimum Gasteiger partial charge on any atom is -0.335 e. The molecular weight excluding hydrogens is 342 g/mol. The average Bonchev–Trinajstić information content (AvgIpc) is 3.23. The van der Waals surface area contributed by atoms with Crippen molar-refractivity contribution < 1.29 is 4.79 Å². The van der Waals surface area contributed by atoms with Crippen LogP contribution in [-0.4, -0.2) is 26.9 Å². The van der Waals surface area contributed by atoms with E-state index in [1.54, 1.807) is 23.7 Å². The molecule has 5 nitrogen and oxygen atoms in total. The molecule has 4 heterocycles. The Morgan fingerprint density at radius 3 is 3.04 bits per heavy atom. The van der Waals surface area contributed by atoms with Crippen molar-refractivity contribution in [1.82, 2.24) is 14.5 Å². The van der Waals surface area contributed by atoms with Gasteiger partial charge in [0.1, 0.15) is 4.83 Å². The Bertz CT molecular complexity index is 956. The molecule has 0 radical (unpaired) electrons. The third-order valence-electron chi connectivity index (χ3n) is 4.61. The first kappa shape index (κ1) is 15.5. The van der Waals surface area contributed by atoms with Gasteiger partial charge in [0, 0.05) is 24.4 Å². The van der Waals surface area contributed by atoms with E-state index in [1.165, 1.54) is 26.3 Å². The number of hydrogen-bond donors (Lipinski definition) is 0. The number of fused-ring (bicyclic) bond motifs is 2. The number of aromatic nitrogens is 2. The highest BCUT2D eigenvalue weighted by Gasteiger charge is 2.27. The van der Waals surface area contributed by atoms with Gasteiger partial charge in [-0.15, -0.1) is 22.7 Å². The van der Waals surface area contributed by atoms with Crippen molar-refractivity contribution in [3.05, 3.63) is 50.0 Å². The summed E-state index contributed by atoms with van der Waals surface area (Å²) < 4.78 is 1.54. The average molecular weight is 359 g/mol. The predicted octanol–water partition coefficient (Wildman–Crippen LogP) is 3.06. The summed E-state index contributed by atoms with van der Waals surface area (Å²) in [5, 5.41) is 4.59. The molecule has 1 unspecified atom stereocenters. The molecule has 4 rings (SSSR count). The highest BCUT2D eigenvalue weighted by molar-refractivity contribution is 7.16. The highest BCUT2D eigenvalue weighted by atomic mass is 32.1. The number of carbonyl (C=O) groups is 1. The van der Waals surface area contributed by atoms with Gasteiger partial charge < -0.3 is 4.90 Å². The standard InChI is InChI=1S/C17H17N3O2S2/c1-11-12-4-8-23-14(12)2-7-20(11)15(21)3-6-19-10-18-16-13(17(19)22)5-9-24-16/h4-5,8-11H,2-3,6-7H2,1H3. The van der Waals surface area contributed by atoms with E-state index < -0.39 is 0 Å². The molecule has 1 atom stereocenters. The molecule has 0 saturated heterocycles. The highest BCUT2D eigenvalue weighted by Crippen LogP contribution is 2.33. The predicted molar refractivity (Wildman–Crippen MR) is 96.6 cm³/mol. The summed E-state index contributed by atoms with van der Waals surface area (Å²) in [6.45, 7) is 3.20. The van der Waals surface area contributed by atoms with E-state index in [2.05, 4.69) is 23.4 Å². The first-order chi connectivity index (χ1) is 11.6. The van der Waals surface area contributed by atoms with Crippen molar-refractivity contribution in [3.63, 3.8) is 0 Å². The number of aryl methyl sites for hydroxylation is 1. The van der Waals surface area contributed by atoms with Gasteiger partial charge in [-0.25, -0.2) is 4.98 Å². The molecular formula is C17H17N3O2S2. The van der Waals surface area contributed by atoms with Crippen molar-refractivity contribution in [2.24, 2.45) is 0 Å². The van der Waals surface area contributed by atoms with Crippen LogP contribution in [0.1, 0.15) is 29.8 Å². The van der Waals surface area contributed by atoms with Crippen LogP contribution < -0.4 is 5.56 Å². The van der Waals surface area contributed by atoms with E-state index in [1.807, 2.05) is 10.3 Å². The molecule has 1 aliphatic heterocycles. The molecule has 0 bridgehead atoms. The third-order valence-corrected chi connectivity index (χ3v) is 6.43. The van der Waals surface area contributed by atoms with Gasteiger partial charge in [0.05, 0.1) is 17.8 Å². The second-order valence-electron chi connectivity index (χ2n) is 5.94. The van der Waals surface area contributed by atoms with E-state index in [0.717, 1.165) is 17.8 Å². The van der Waals surface area contributed by atoms with Crippen LogP contribution in [0.15, 0.2) is 34.0 Å². The number of thiophene rings is 2. The molecule has 0 fully saturated rings. The molecule has 3 aromatic heterocycles.